The average molecular weight is 452 g/mol. The predicted octanol–water partition coefficient (Wildman–Crippen LogP) is 3.97. The zero-order valence-corrected chi connectivity index (χ0v) is 19.4. The van der Waals surface area contributed by atoms with E-state index in [0.29, 0.717) is 29.9 Å². The molecule has 1 atom stereocenters. The first-order valence-corrected chi connectivity index (χ1v) is 10.9. The Balaban J connectivity index is 1.93. The summed E-state index contributed by atoms with van der Waals surface area (Å²) in [6, 6.07) is 11.4. The summed E-state index contributed by atoms with van der Waals surface area (Å²) in [4.78, 5) is 26.6. The summed E-state index contributed by atoms with van der Waals surface area (Å²) in [5, 5.41) is 1.74. The van der Waals surface area contributed by atoms with Crippen molar-refractivity contribution in [2.24, 2.45) is 11.1 Å². The Hall–Kier alpha value is -3.32. The van der Waals surface area contributed by atoms with Crippen LogP contribution in [0.25, 0.3) is 10.8 Å². The smallest absolute Gasteiger partial charge is 0.340 e. The molecule has 0 fully saturated rings. The van der Waals surface area contributed by atoms with Crippen molar-refractivity contribution < 1.29 is 28.5 Å². The van der Waals surface area contributed by atoms with E-state index < -0.39 is 11.9 Å². The maximum absolute atomic E-state index is 13.4. The third-order valence-electron chi connectivity index (χ3n) is 6.14. The van der Waals surface area contributed by atoms with Gasteiger partial charge in [-0.25, -0.2) is 4.79 Å². The van der Waals surface area contributed by atoms with Crippen LogP contribution in [0, 0.1) is 5.41 Å². The summed E-state index contributed by atoms with van der Waals surface area (Å²) in [7, 11) is 3.14. The number of carbonyl (C=O) groups is 2. The zero-order chi connectivity index (χ0) is 23.8. The number of ether oxygens (including phenoxy) is 4. The summed E-state index contributed by atoms with van der Waals surface area (Å²) in [6.45, 7) is 4.35. The van der Waals surface area contributed by atoms with Crippen molar-refractivity contribution in [1.82, 2.24) is 0 Å². The summed E-state index contributed by atoms with van der Waals surface area (Å²) in [6.07, 6.45) is 0.900. The molecule has 174 valence electrons. The molecular formula is C26H29NO6. The maximum atomic E-state index is 13.4. The minimum atomic E-state index is -0.705. The molecule has 1 heterocycles. The van der Waals surface area contributed by atoms with Gasteiger partial charge in [-0.05, 0) is 22.4 Å². The number of carbonyl (C=O) groups excluding carboxylic acids is 2. The van der Waals surface area contributed by atoms with Gasteiger partial charge in [0.1, 0.15) is 23.7 Å². The Morgan fingerprint density at radius 1 is 1.09 bits per heavy atom. The number of allylic oxidation sites excluding steroid dienone is 2. The van der Waals surface area contributed by atoms with Crippen molar-refractivity contribution in [1.29, 1.82) is 0 Å². The fraction of sp³-hybridized carbons (Fsp3) is 0.385. The normalized spacial score (nSPS) is 19.9. The number of esters is 1. The molecule has 7 heteroatoms. The number of ketones is 1. The second-order valence-corrected chi connectivity index (χ2v) is 9.12. The number of hydrogen-bond donors (Lipinski definition) is 1. The van der Waals surface area contributed by atoms with Crippen LogP contribution in [0.1, 0.15) is 38.2 Å². The molecular weight excluding hydrogens is 422 g/mol. The van der Waals surface area contributed by atoms with Crippen LogP contribution in [0.4, 0.5) is 0 Å². The second-order valence-electron chi connectivity index (χ2n) is 9.12. The van der Waals surface area contributed by atoms with Crippen LogP contribution in [0.3, 0.4) is 0 Å². The monoisotopic (exact) mass is 451 g/mol. The van der Waals surface area contributed by atoms with Crippen LogP contribution in [0.2, 0.25) is 0 Å². The van der Waals surface area contributed by atoms with Crippen molar-refractivity contribution in [3.05, 3.63) is 64.8 Å². The van der Waals surface area contributed by atoms with Gasteiger partial charge in [0, 0.05) is 30.9 Å². The Kier molecular flexibility index (Phi) is 6.17. The molecule has 2 aromatic carbocycles. The molecule has 0 spiro atoms. The first-order valence-electron chi connectivity index (χ1n) is 10.9. The van der Waals surface area contributed by atoms with Crippen LogP contribution < -0.4 is 10.5 Å². The van der Waals surface area contributed by atoms with E-state index in [4.69, 9.17) is 24.7 Å². The third kappa shape index (κ3) is 4.20. The van der Waals surface area contributed by atoms with Crippen molar-refractivity contribution in [2.45, 2.75) is 32.6 Å². The van der Waals surface area contributed by atoms with E-state index in [1.165, 1.54) is 7.11 Å². The molecule has 0 radical (unpaired) electrons. The molecule has 1 aliphatic heterocycles. The lowest BCUT2D eigenvalue weighted by atomic mass is 9.69. The number of Topliss-reactive ketones (excluding diaryl/α,β-unsaturated/α-hetero) is 1. The highest BCUT2D eigenvalue weighted by atomic mass is 16.6. The van der Waals surface area contributed by atoms with Crippen LogP contribution in [0.15, 0.2) is 59.2 Å². The van der Waals surface area contributed by atoms with Crippen molar-refractivity contribution in [2.75, 3.05) is 27.4 Å². The van der Waals surface area contributed by atoms with Gasteiger partial charge < -0.3 is 24.7 Å². The quantitative estimate of drug-likeness (QED) is 0.524. The number of fused-ring (bicyclic) bond motifs is 1. The van der Waals surface area contributed by atoms with Crippen molar-refractivity contribution in [3.8, 4) is 5.75 Å². The van der Waals surface area contributed by atoms with E-state index in [1.807, 2.05) is 50.2 Å². The molecule has 2 aromatic rings. The molecule has 2 aliphatic rings. The van der Waals surface area contributed by atoms with Crippen molar-refractivity contribution >= 4 is 22.5 Å². The summed E-state index contributed by atoms with van der Waals surface area (Å²) < 4.78 is 21.9. The molecule has 2 N–H and O–H groups in total. The van der Waals surface area contributed by atoms with Crippen LogP contribution >= 0.6 is 0 Å². The molecule has 4 rings (SSSR count). The molecule has 0 saturated heterocycles. The minimum Gasteiger partial charge on any atom is -0.496 e. The number of rotatable bonds is 6. The van der Waals surface area contributed by atoms with Gasteiger partial charge in [0.2, 0.25) is 5.88 Å². The molecule has 0 bridgehead atoms. The topological polar surface area (TPSA) is 97.1 Å². The van der Waals surface area contributed by atoms with E-state index in [-0.39, 0.29) is 35.9 Å². The van der Waals surface area contributed by atoms with Crippen molar-refractivity contribution in [3.63, 3.8) is 0 Å². The van der Waals surface area contributed by atoms with Gasteiger partial charge in [0.15, 0.2) is 5.78 Å². The van der Waals surface area contributed by atoms with Gasteiger partial charge in [-0.1, -0.05) is 44.2 Å². The second kappa shape index (κ2) is 8.90. The molecule has 7 nitrogen and oxygen atoms in total. The van der Waals surface area contributed by atoms with Gasteiger partial charge in [-0.15, -0.1) is 0 Å². The fourth-order valence-corrected chi connectivity index (χ4v) is 4.71. The lowest BCUT2D eigenvalue weighted by molar-refractivity contribution is -0.140. The van der Waals surface area contributed by atoms with Crippen LogP contribution in [0.5, 0.6) is 5.75 Å². The van der Waals surface area contributed by atoms with E-state index in [1.54, 1.807) is 7.11 Å². The number of benzene rings is 2. The Labute approximate surface area is 193 Å². The first-order chi connectivity index (χ1) is 15.8. The maximum Gasteiger partial charge on any atom is 0.340 e. The lowest BCUT2D eigenvalue weighted by Gasteiger charge is -2.38. The van der Waals surface area contributed by atoms with Crippen LogP contribution in [-0.2, 0) is 23.8 Å². The van der Waals surface area contributed by atoms with Gasteiger partial charge in [0.05, 0.1) is 19.6 Å². The zero-order valence-electron chi connectivity index (χ0n) is 19.4. The molecule has 0 amide bonds. The first kappa shape index (κ1) is 22.9. The SMILES string of the molecule is COCCOC(=O)C1=C(N)OC2=C(C(=O)CC(C)(C)C2)[C@@H]1c1ccc(OC)c2ccccc12. The van der Waals surface area contributed by atoms with Gasteiger partial charge >= 0.3 is 5.97 Å². The molecule has 1 aliphatic carbocycles. The highest BCUT2D eigenvalue weighted by molar-refractivity contribution is 6.05. The number of hydrogen-bond acceptors (Lipinski definition) is 7. The number of methoxy groups -OCH3 is 2. The van der Waals surface area contributed by atoms with Gasteiger partial charge in [-0.3, -0.25) is 4.79 Å². The largest absolute Gasteiger partial charge is 0.496 e. The van der Waals surface area contributed by atoms with Gasteiger partial charge in [-0.2, -0.15) is 0 Å². The standard InChI is InChI=1S/C26H29NO6/c1-26(2)13-18(28)22-20(14-26)33-24(27)23(25(29)32-12-11-30-3)21(22)17-9-10-19(31-4)16-8-6-5-7-15(16)17/h5-10,21H,11-14,27H2,1-4H3/t21-/m0/s1. The van der Waals surface area contributed by atoms with E-state index >= 15 is 0 Å². The van der Waals surface area contributed by atoms with Crippen LogP contribution in [-0.4, -0.2) is 39.2 Å². The van der Waals surface area contributed by atoms with E-state index in [9.17, 15) is 9.59 Å². The molecule has 0 unspecified atom stereocenters. The predicted molar refractivity (Wildman–Crippen MR) is 123 cm³/mol. The number of nitrogens with two attached hydrogens (primary N) is 1. The Morgan fingerprint density at radius 2 is 1.82 bits per heavy atom. The minimum absolute atomic E-state index is 0.0356. The fourth-order valence-electron chi connectivity index (χ4n) is 4.71. The summed E-state index contributed by atoms with van der Waals surface area (Å²) in [5.41, 5.74) is 7.42. The molecule has 0 saturated carbocycles. The average Bonchev–Trinajstić information content (AvgIpc) is 2.76. The molecule has 0 aromatic heterocycles. The molecule has 33 heavy (non-hydrogen) atoms. The lowest BCUT2D eigenvalue weighted by Crippen LogP contribution is -2.36. The van der Waals surface area contributed by atoms with E-state index in [0.717, 1.165) is 16.3 Å². The third-order valence-corrected chi connectivity index (χ3v) is 6.14. The highest BCUT2D eigenvalue weighted by Crippen LogP contribution is 2.50. The van der Waals surface area contributed by atoms with Gasteiger partial charge in [0.25, 0.3) is 0 Å². The summed E-state index contributed by atoms with van der Waals surface area (Å²) in [5.74, 6) is -0.200. The van der Waals surface area contributed by atoms with E-state index in [2.05, 4.69) is 0 Å². The Bertz CT molecular complexity index is 1180. The highest BCUT2D eigenvalue weighted by Gasteiger charge is 2.45. The Morgan fingerprint density at radius 3 is 2.52 bits per heavy atom. The summed E-state index contributed by atoms with van der Waals surface area (Å²) >= 11 is 0.